The summed E-state index contributed by atoms with van der Waals surface area (Å²) in [7, 11) is 0. The second-order valence-electron chi connectivity index (χ2n) is 2.24. The summed E-state index contributed by atoms with van der Waals surface area (Å²) in [5.74, 6) is 0. The SMILES string of the molecule is Cl[C]1Cc2ccccc2S1. The Bertz CT molecular complexity index is 222. The fraction of sp³-hybridized carbons (Fsp3) is 0.125. The van der Waals surface area contributed by atoms with Gasteiger partial charge in [0.1, 0.15) is 4.71 Å². The van der Waals surface area contributed by atoms with Crippen molar-refractivity contribution in [1.82, 2.24) is 0 Å². The van der Waals surface area contributed by atoms with Crippen molar-refractivity contribution >= 4 is 23.4 Å². The van der Waals surface area contributed by atoms with Crippen LogP contribution >= 0.6 is 23.4 Å². The van der Waals surface area contributed by atoms with Gasteiger partial charge in [0.15, 0.2) is 0 Å². The molecule has 1 heterocycles. The maximum Gasteiger partial charge on any atom is 0.127 e. The lowest BCUT2D eigenvalue weighted by atomic mass is 10.2. The van der Waals surface area contributed by atoms with E-state index < -0.39 is 0 Å². The van der Waals surface area contributed by atoms with Crippen LogP contribution in [-0.2, 0) is 6.42 Å². The van der Waals surface area contributed by atoms with Crippen LogP contribution in [0.4, 0.5) is 0 Å². The molecule has 0 nitrogen and oxygen atoms in total. The van der Waals surface area contributed by atoms with E-state index in [1.807, 2.05) is 6.07 Å². The first-order valence-electron chi connectivity index (χ1n) is 3.13. The molecule has 2 heteroatoms. The van der Waals surface area contributed by atoms with Crippen LogP contribution in [0.15, 0.2) is 29.2 Å². The largest absolute Gasteiger partial charge is 0.127 e. The van der Waals surface area contributed by atoms with E-state index in [0.717, 1.165) is 11.1 Å². The molecule has 0 atom stereocenters. The van der Waals surface area contributed by atoms with Crippen molar-refractivity contribution in [3.8, 4) is 0 Å². The Morgan fingerprint density at radius 3 is 2.90 bits per heavy atom. The van der Waals surface area contributed by atoms with E-state index in [4.69, 9.17) is 11.6 Å². The molecule has 0 aromatic heterocycles. The lowest BCUT2D eigenvalue weighted by Gasteiger charge is -1.91. The Balaban J connectivity index is 2.42. The normalized spacial score (nSPS) is 17.3. The molecule has 1 aliphatic heterocycles. The summed E-state index contributed by atoms with van der Waals surface area (Å²) in [6, 6.07) is 8.32. The lowest BCUT2D eigenvalue weighted by molar-refractivity contribution is 1.19. The van der Waals surface area contributed by atoms with Gasteiger partial charge in [-0.15, -0.1) is 11.6 Å². The second kappa shape index (κ2) is 2.48. The van der Waals surface area contributed by atoms with Gasteiger partial charge in [0, 0.05) is 11.3 Å². The number of fused-ring (bicyclic) bond motifs is 1. The quantitative estimate of drug-likeness (QED) is 0.575. The molecule has 2 rings (SSSR count). The maximum atomic E-state index is 5.86. The van der Waals surface area contributed by atoms with Crippen LogP contribution in [-0.4, -0.2) is 0 Å². The third-order valence-corrected chi connectivity index (χ3v) is 2.87. The molecule has 0 amide bonds. The molecule has 0 bridgehead atoms. The molecule has 51 valence electrons. The maximum absolute atomic E-state index is 5.86. The molecule has 1 aromatic rings. The first-order valence-corrected chi connectivity index (χ1v) is 4.33. The van der Waals surface area contributed by atoms with Gasteiger partial charge in [0.25, 0.3) is 0 Å². The first-order chi connectivity index (χ1) is 4.86. The standard InChI is InChI=1S/C8H6ClS/c9-8-5-6-3-1-2-4-7(6)10-8/h1-4H,5H2. The van der Waals surface area contributed by atoms with Crippen molar-refractivity contribution in [3.63, 3.8) is 0 Å². The van der Waals surface area contributed by atoms with E-state index in [1.54, 1.807) is 11.8 Å². The summed E-state index contributed by atoms with van der Waals surface area (Å²) in [5.41, 5.74) is 1.36. The molecular weight excluding hydrogens is 164 g/mol. The highest BCUT2D eigenvalue weighted by Gasteiger charge is 2.19. The van der Waals surface area contributed by atoms with Gasteiger partial charge in [-0.2, -0.15) is 0 Å². The summed E-state index contributed by atoms with van der Waals surface area (Å²) in [6.45, 7) is 0. The van der Waals surface area contributed by atoms with Gasteiger partial charge in [-0.3, -0.25) is 0 Å². The summed E-state index contributed by atoms with van der Waals surface area (Å²) < 4.78 is 0.987. The van der Waals surface area contributed by atoms with Crippen LogP contribution in [0.3, 0.4) is 0 Å². The lowest BCUT2D eigenvalue weighted by Crippen LogP contribution is -1.78. The Labute approximate surface area is 69.6 Å². The number of rotatable bonds is 0. The molecule has 1 aliphatic rings. The van der Waals surface area contributed by atoms with E-state index in [1.165, 1.54) is 10.5 Å². The van der Waals surface area contributed by atoms with Crippen LogP contribution in [0.5, 0.6) is 0 Å². The zero-order valence-corrected chi connectivity index (χ0v) is 6.88. The van der Waals surface area contributed by atoms with Gasteiger partial charge in [-0.25, -0.2) is 0 Å². The zero-order valence-electron chi connectivity index (χ0n) is 5.30. The summed E-state index contributed by atoms with van der Waals surface area (Å²) >= 11 is 7.53. The number of benzene rings is 1. The highest BCUT2D eigenvalue weighted by atomic mass is 35.5. The van der Waals surface area contributed by atoms with Crippen LogP contribution in [0, 0.1) is 4.71 Å². The number of hydrogen-bond donors (Lipinski definition) is 0. The van der Waals surface area contributed by atoms with Crippen LogP contribution in [0.1, 0.15) is 5.56 Å². The molecule has 10 heavy (non-hydrogen) atoms. The van der Waals surface area contributed by atoms with Gasteiger partial charge < -0.3 is 0 Å². The van der Waals surface area contributed by atoms with E-state index in [2.05, 4.69) is 18.2 Å². The van der Waals surface area contributed by atoms with Gasteiger partial charge in [-0.05, 0) is 11.6 Å². The molecule has 1 radical (unpaired) electrons. The van der Waals surface area contributed by atoms with Crippen molar-refractivity contribution in [2.45, 2.75) is 11.3 Å². The fourth-order valence-corrected chi connectivity index (χ4v) is 2.33. The van der Waals surface area contributed by atoms with Gasteiger partial charge in [0.05, 0.1) is 0 Å². The van der Waals surface area contributed by atoms with Gasteiger partial charge in [0.2, 0.25) is 0 Å². The summed E-state index contributed by atoms with van der Waals surface area (Å²) in [6.07, 6.45) is 0.933. The fourth-order valence-electron chi connectivity index (χ4n) is 1.05. The predicted molar refractivity (Wildman–Crippen MR) is 45.1 cm³/mol. The monoisotopic (exact) mass is 169 g/mol. The number of hydrogen-bond acceptors (Lipinski definition) is 1. The van der Waals surface area contributed by atoms with Gasteiger partial charge >= 0.3 is 0 Å². The third-order valence-electron chi connectivity index (χ3n) is 1.52. The van der Waals surface area contributed by atoms with E-state index in [0.29, 0.717) is 0 Å². The second-order valence-corrected chi connectivity index (χ2v) is 4.06. The molecule has 0 saturated carbocycles. The first kappa shape index (κ1) is 6.56. The van der Waals surface area contributed by atoms with Gasteiger partial charge in [-0.1, -0.05) is 30.0 Å². The average Bonchev–Trinajstić information content (AvgIpc) is 2.27. The van der Waals surface area contributed by atoms with Crippen molar-refractivity contribution < 1.29 is 0 Å². The van der Waals surface area contributed by atoms with E-state index in [-0.39, 0.29) is 0 Å². The highest BCUT2D eigenvalue weighted by Crippen LogP contribution is 2.43. The average molecular weight is 170 g/mol. The molecule has 0 saturated heterocycles. The summed E-state index contributed by atoms with van der Waals surface area (Å²) in [5, 5.41) is 0. The Morgan fingerprint density at radius 2 is 2.10 bits per heavy atom. The zero-order chi connectivity index (χ0) is 6.97. The molecule has 0 fully saturated rings. The number of halogens is 1. The summed E-state index contributed by atoms with van der Waals surface area (Å²) in [4.78, 5) is 1.31. The minimum Gasteiger partial charge on any atom is -0.104 e. The van der Waals surface area contributed by atoms with Crippen LogP contribution < -0.4 is 0 Å². The third kappa shape index (κ3) is 1.04. The molecule has 0 spiro atoms. The van der Waals surface area contributed by atoms with Crippen molar-refractivity contribution in [3.05, 3.63) is 34.5 Å². The molecule has 0 unspecified atom stereocenters. The minimum atomic E-state index is 0.933. The highest BCUT2D eigenvalue weighted by molar-refractivity contribution is 8.03. The van der Waals surface area contributed by atoms with Crippen LogP contribution in [0.2, 0.25) is 0 Å². The Morgan fingerprint density at radius 1 is 1.30 bits per heavy atom. The van der Waals surface area contributed by atoms with Crippen molar-refractivity contribution in [2.24, 2.45) is 0 Å². The van der Waals surface area contributed by atoms with Crippen molar-refractivity contribution in [1.29, 1.82) is 0 Å². The van der Waals surface area contributed by atoms with Crippen molar-refractivity contribution in [2.75, 3.05) is 0 Å². The predicted octanol–water partition coefficient (Wildman–Crippen LogP) is 3.06. The Kier molecular flexibility index (Phi) is 1.63. The van der Waals surface area contributed by atoms with E-state index >= 15 is 0 Å². The Hall–Kier alpha value is -0.140. The van der Waals surface area contributed by atoms with E-state index in [9.17, 15) is 0 Å². The molecule has 0 aliphatic carbocycles. The smallest absolute Gasteiger partial charge is 0.104 e. The topological polar surface area (TPSA) is 0 Å². The molecule has 0 N–H and O–H groups in total. The molecular formula is C8H6ClS. The molecule has 1 aromatic carbocycles. The van der Waals surface area contributed by atoms with Crippen LogP contribution in [0.25, 0.3) is 0 Å². The minimum absolute atomic E-state index is 0.933. The number of thioether (sulfide) groups is 1.